The molecule has 2 atom stereocenters. The highest BCUT2D eigenvalue weighted by molar-refractivity contribution is 5.74. The molecule has 14 heavy (non-hydrogen) atoms. The summed E-state index contributed by atoms with van der Waals surface area (Å²) in [6.45, 7) is 4.04. The largest absolute Gasteiger partial charge is 0.466 e. The van der Waals surface area contributed by atoms with Crippen molar-refractivity contribution in [1.29, 1.82) is 0 Å². The summed E-state index contributed by atoms with van der Waals surface area (Å²) in [4.78, 5) is 11.6. The molecule has 0 aromatic carbocycles. The number of hydrogen-bond acceptors (Lipinski definition) is 3. The van der Waals surface area contributed by atoms with Crippen LogP contribution in [0.25, 0.3) is 0 Å². The topological polar surface area (TPSA) is 46.5 Å². The van der Waals surface area contributed by atoms with Gasteiger partial charge in [0.1, 0.15) is 0 Å². The molecular formula is C11H18O3. The summed E-state index contributed by atoms with van der Waals surface area (Å²) in [5, 5.41) is 10.2. The van der Waals surface area contributed by atoms with Gasteiger partial charge in [0, 0.05) is 0 Å². The molecule has 0 amide bonds. The standard InChI is InChI=1S/C11H18O3/c1-3-9(10(12)14-4-2)11(13)7-5-6-8-11/h5,7,9,13H,3-4,6,8H2,1-2H3. The van der Waals surface area contributed by atoms with Crippen molar-refractivity contribution in [2.45, 2.75) is 38.7 Å². The molecule has 0 saturated carbocycles. The minimum Gasteiger partial charge on any atom is -0.466 e. The summed E-state index contributed by atoms with van der Waals surface area (Å²) < 4.78 is 4.94. The first-order valence-corrected chi connectivity index (χ1v) is 5.20. The third kappa shape index (κ3) is 2.15. The highest BCUT2D eigenvalue weighted by atomic mass is 16.5. The lowest BCUT2D eigenvalue weighted by molar-refractivity contribution is -0.155. The maximum atomic E-state index is 11.6. The number of rotatable bonds is 4. The SMILES string of the molecule is CCOC(=O)C(CC)C1(O)C=CCC1. The Kier molecular flexibility index (Phi) is 3.69. The van der Waals surface area contributed by atoms with Crippen molar-refractivity contribution in [2.24, 2.45) is 5.92 Å². The van der Waals surface area contributed by atoms with Gasteiger partial charge in [-0.05, 0) is 26.2 Å². The Morgan fingerprint density at radius 1 is 1.64 bits per heavy atom. The molecule has 0 bridgehead atoms. The van der Waals surface area contributed by atoms with Crippen molar-refractivity contribution in [3.63, 3.8) is 0 Å². The second-order valence-electron chi connectivity index (χ2n) is 3.65. The van der Waals surface area contributed by atoms with Crippen LogP contribution in [0.2, 0.25) is 0 Å². The number of hydrogen-bond donors (Lipinski definition) is 1. The van der Waals surface area contributed by atoms with Crippen molar-refractivity contribution >= 4 is 5.97 Å². The zero-order chi connectivity index (χ0) is 10.6. The third-order valence-corrected chi connectivity index (χ3v) is 2.70. The van der Waals surface area contributed by atoms with Gasteiger partial charge in [-0.1, -0.05) is 19.1 Å². The van der Waals surface area contributed by atoms with E-state index in [0.29, 0.717) is 19.4 Å². The number of allylic oxidation sites excluding steroid dienone is 1. The van der Waals surface area contributed by atoms with Gasteiger partial charge in [0.2, 0.25) is 0 Å². The van der Waals surface area contributed by atoms with Gasteiger partial charge in [0.05, 0.1) is 18.1 Å². The van der Waals surface area contributed by atoms with E-state index in [9.17, 15) is 9.90 Å². The highest BCUT2D eigenvalue weighted by Gasteiger charge is 2.40. The second kappa shape index (κ2) is 4.60. The van der Waals surface area contributed by atoms with Crippen molar-refractivity contribution in [3.05, 3.63) is 12.2 Å². The summed E-state index contributed by atoms with van der Waals surface area (Å²) >= 11 is 0. The van der Waals surface area contributed by atoms with Crippen LogP contribution in [0.15, 0.2) is 12.2 Å². The first kappa shape index (κ1) is 11.2. The molecule has 0 spiro atoms. The van der Waals surface area contributed by atoms with Gasteiger partial charge < -0.3 is 9.84 Å². The van der Waals surface area contributed by atoms with Crippen molar-refractivity contribution in [3.8, 4) is 0 Å². The quantitative estimate of drug-likeness (QED) is 0.552. The average Bonchev–Trinajstić information content (AvgIpc) is 2.54. The van der Waals surface area contributed by atoms with Crippen molar-refractivity contribution in [1.82, 2.24) is 0 Å². The Bertz CT molecular complexity index is 235. The lowest BCUT2D eigenvalue weighted by atomic mass is 9.85. The summed E-state index contributed by atoms with van der Waals surface area (Å²) in [5.74, 6) is -0.703. The molecule has 3 heteroatoms. The number of aliphatic hydroxyl groups is 1. The predicted octanol–water partition coefficient (Wildman–Crippen LogP) is 1.66. The normalized spacial score (nSPS) is 27.6. The fraction of sp³-hybridized carbons (Fsp3) is 0.727. The third-order valence-electron chi connectivity index (χ3n) is 2.70. The Balaban J connectivity index is 2.70. The Labute approximate surface area is 84.8 Å². The van der Waals surface area contributed by atoms with E-state index in [2.05, 4.69) is 0 Å². The monoisotopic (exact) mass is 198 g/mol. The van der Waals surface area contributed by atoms with E-state index in [-0.39, 0.29) is 5.97 Å². The van der Waals surface area contributed by atoms with E-state index in [4.69, 9.17) is 4.74 Å². The van der Waals surface area contributed by atoms with E-state index >= 15 is 0 Å². The van der Waals surface area contributed by atoms with E-state index in [0.717, 1.165) is 6.42 Å². The molecule has 1 aliphatic rings. The fourth-order valence-corrected chi connectivity index (χ4v) is 1.94. The van der Waals surface area contributed by atoms with Crippen LogP contribution in [0.3, 0.4) is 0 Å². The molecule has 1 N–H and O–H groups in total. The van der Waals surface area contributed by atoms with Gasteiger partial charge in [-0.2, -0.15) is 0 Å². The Morgan fingerprint density at radius 2 is 2.36 bits per heavy atom. The molecule has 3 nitrogen and oxygen atoms in total. The van der Waals surface area contributed by atoms with Crippen LogP contribution in [0.5, 0.6) is 0 Å². The van der Waals surface area contributed by atoms with Crippen LogP contribution >= 0.6 is 0 Å². The molecule has 0 radical (unpaired) electrons. The highest BCUT2D eigenvalue weighted by Crippen LogP contribution is 2.33. The van der Waals surface area contributed by atoms with Gasteiger partial charge in [-0.3, -0.25) is 4.79 Å². The number of esters is 1. The van der Waals surface area contributed by atoms with Crippen LogP contribution in [-0.2, 0) is 9.53 Å². The van der Waals surface area contributed by atoms with Gasteiger partial charge >= 0.3 is 5.97 Å². The Hall–Kier alpha value is -0.830. The summed E-state index contributed by atoms with van der Waals surface area (Å²) in [6, 6.07) is 0. The molecule has 0 heterocycles. The van der Waals surface area contributed by atoms with Crippen LogP contribution in [-0.4, -0.2) is 23.3 Å². The molecule has 0 aliphatic heterocycles. The van der Waals surface area contributed by atoms with E-state index in [1.807, 2.05) is 13.0 Å². The lowest BCUT2D eigenvalue weighted by Crippen LogP contribution is -2.39. The number of carbonyl (C=O) groups excluding carboxylic acids is 1. The van der Waals surface area contributed by atoms with Crippen molar-refractivity contribution in [2.75, 3.05) is 6.61 Å². The summed E-state index contributed by atoms with van der Waals surface area (Å²) in [5.41, 5.74) is -0.971. The minimum atomic E-state index is -0.971. The van der Waals surface area contributed by atoms with Gasteiger partial charge in [0.25, 0.3) is 0 Å². The maximum Gasteiger partial charge on any atom is 0.312 e. The van der Waals surface area contributed by atoms with Crippen LogP contribution in [0, 0.1) is 5.92 Å². The van der Waals surface area contributed by atoms with Gasteiger partial charge in [0.15, 0.2) is 0 Å². The summed E-state index contributed by atoms with van der Waals surface area (Å²) in [6.07, 6.45) is 5.73. The zero-order valence-electron chi connectivity index (χ0n) is 8.82. The maximum absolute atomic E-state index is 11.6. The minimum absolute atomic E-state index is 0.288. The molecular weight excluding hydrogens is 180 g/mol. The second-order valence-corrected chi connectivity index (χ2v) is 3.65. The fourth-order valence-electron chi connectivity index (χ4n) is 1.94. The molecule has 0 fully saturated rings. The van der Waals surface area contributed by atoms with Gasteiger partial charge in [-0.25, -0.2) is 0 Å². The molecule has 0 aromatic rings. The van der Waals surface area contributed by atoms with Crippen LogP contribution < -0.4 is 0 Å². The molecule has 80 valence electrons. The van der Waals surface area contributed by atoms with Crippen molar-refractivity contribution < 1.29 is 14.6 Å². The molecule has 1 aliphatic carbocycles. The summed E-state index contributed by atoms with van der Waals surface area (Å²) in [7, 11) is 0. The Morgan fingerprint density at radius 3 is 2.79 bits per heavy atom. The van der Waals surface area contributed by atoms with E-state index < -0.39 is 11.5 Å². The zero-order valence-corrected chi connectivity index (χ0v) is 8.82. The predicted molar refractivity (Wildman–Crippen MR) is 53.7 cm³/mol. The number of carbonyl (C=O) groups is 1. The molecule has 1 rings (SSSR count). The number of ether oxygens (including phenoxy) is 1. The lowest BCUT2D eigenvalue weighted by Gasteiger charge is -2.28. The molecule has 0 saturated heterocycles. The molecule has 0 aromatic heterocycles. The van der Waals surface area contributed by atoms with Gasteiger partial charge in [-0.15, -0.1) is 0 Å². The smallest absolute Gasteiger partial charge is 0.312 e. The van der Waals surface area contributed by atoms with E-state index in [1.54, 1.807) is 13.0 Å². The first-order valence-electron chi connectivity index (χ1n) is 5.20. The van der Waals surface area contributed by atoms with Crippen LogP contribution in [0.1, 0.15) is 33.1 Å². The molecule has 2 unspecified atom stereocenters. The average molecular weight is 198 g/mol. The van der Waals surface area contributed by atoms with Crippen LogP contribution in [0.4, 0.5) is 0 Å². The van der Waals surface area contributed by atoms with E-state index in [1.165, 1.54) is 0 Å². The first-order chi connectivity index (χ1) is 6.64.